The van der Waals surface area contributed by atoms with Gasteiger partial charge in [-0.2, -0.15) is 0 Å². The number of carbonyl (C=O) groups is 2. The molecule has 0 radical (unpaired) electrons. The number of unbranched alkanes of at least 4 members (excludes halogenated alkanes) is 14. The maximum atomic E-state index is 12.0. The van der Waals surface area contributed by atoms with Gasteiger partial charge in [-0.1, -0.05) is 133 Å². The van der Waals surface area contributed by atoms with Crippen LogP contribution in [0.15, 0.2) is 50.6 Å². The molecule has 5 nitrogen and oxygen atoms in total. The van der Waals surface area contributed by atoms with Crippen molar-refractivity contribution in [2.75, 3.05) is 36.8 Å². The first-order valence-electron chi connectivity index (χ1n) is 15.7. The summed E-state index contributed by atoms with van der Waals surface area (Å²) in [5, 5.41) is 13.7. The monoisotopic (exact) mass is 704 g/mol. The van der Waals surface area contributed by atoms with Crippen LogP contribution in [-0.2, 0) is 9.59 Å². The van der Waals surface area contributed by atoms with Crippen LogP contribution in [0, 0.1) is 0 Å². The van der Waals surface area contributed by atoms with Crippen LogP contribution >= 0.6 is 31.9 Å². The largest absolute Gasteiger partial charge is 0.481 e. The smallest absolute Gasteiger partial charge is 0.303 e. The molecule has 7 heteroatoms. The zero-order valence-electron chi connectivity index (χ0n) is 26.1. The Labute approximate surface area is 270 Å². The molecule has 0 aromatic heterocycles. The molecule has 0 unspecified atom stereocenters. The zero-order valence-corrected chi connectivity index (χ0v) is 29.2. The van der Waals surface area contributed by atoms with E-state index >= 15 is 0 Å². The Balaban J connectivity index is -0.000000594. The lowest BCUT2D eigenvalue weighted by Crippen LogP contribution is -2.30. The molecule has 0 atom stereocenters. The van der Waals surface area contributed by atoms with Crippen molar-refractivity contribution in [2.24, 2.45) is 0 Å². The third kappa shape index (κ3) is 43.4. The van der Waals surface area contributed by atoms with E-state index in [-0.39, 0.29) is 5.91 Å². The molecule has 0 bridgehead atoms. The number of nitrogens with one attached hydrogen (secondary N) is 1. The molecule has 0 rings (SSSR count). The van der Waals surface area contributed by atoms with E-state index in [1.807, 2.05) is 12.2 Å². The quantitative estimate of drug-likeness (QED) is 0.0483. The van der Waals surface area contributed by atoms with E-state index in [1.165, 1.54) is 83.5 Å². The van der Waals surface area contributed by atoms with Gasteiger partial charge in [0.15, 0.2) is 0 Å². The fraction of sp³-hybridized carbons (Fsp3) is 0.706. The molecule has 2 N–H and O–H groups in total. The number of aliphatic carboxylic acids is 1. The van der Waals surface area contributed by atoms with Gasteiger partial charge in [-0.3, -0.25) is 9.59 Å². The summed E-state index contributed by atoms with van der Waals surface area (Å²) in [5.41, 5.74) is 0. The van der Waals surface area contributed by atoms with Gasteiger partial charge in [-0.15, -0.1) is 26.3 Å². The highest BCUT2D eigenvalue weighted by atomic mass is 79.9. The minimum Gasteiger partial charge on any atom is -0.481 e. The van der Waals surface area contributed by atoms with Crippen molar-refractivity contribution in [1.82, 2.24) is 10.2 Å². The Morgan fingerprint density at radius 1 is 0.561 bits per heavy atom. The number of halogens is 2. The first kappa shape index (κ1) is 44.3. The molecule has 41 heavy (non-hydrogen) atoms. The van der Waals surface area contributed by atoms with Crippen LogP contribution in [0.1, 0.15) is 116 Å². The fourth-order valence-corrected chi connectivity index (χ4v) is 4.69. The predicted molar refractivity (Wildman–Crippen MR) is 189 cm³/mol. The number of alkyl halides is 2. The molecule has 0 fully saturated rings. The average Bonchev–Trinajstić information content (AvgIpc) is 2.96. The van der Waals surface area contributed by atoms with E-state index in [4.69, 9.17) is 5.11 Å². The van der Waals surface area contributed by atoms with Crippen molar-refractivity contribution in [2.45, 2.75) is 116 Å². The maximum Gasteiger partial charge on any atom is 0.303 e. The van der Waals surface area contributed by atoms with Crippen LogP contribution in [0.5, 0.6) is 0 Å². The first-order chi connectivity index (χ1) is 19.9. The van der Waals surface area contributed by atoms with E-state index in [1.54, 1.807) is 17.1 Å². The van der Waals surface area contributed by atoms with Crippen molar-refractivity contribution >= 4 is 43.7 Å². The molecule has 0 aromatic rings. The Kier molecular flexibility index (Phi) is 44.2. The highest BCUT2D eigenvalue weighted by molar-refractivity contribution is 9.09. The number of hydrogen-bond acceptors (Lipinski definition) is 3. The molecule has 0 aromatic carbocycles. The van der Waals surface area contributed by atoms with E-state index in [9.17, 15) is 9.59 Å². The third-order valence-corrected chi connectivity index (χ3v) is 7.30. The molecular weight excluding hydrogens is 644 g/mol. The lowest BCUT2D eigenvalue weighted by atomic mass is 10.1. The number of carboxylic acids is 1. The van der Waals surface area contributed by atoms with Gasteiger partial charge in [0, 0.05) is 49.7 Å². The van der Waals surface area contributed by atoms with Gasteiger partial charge < -0.3 is 15.3 Å². The van der Waals surface area contributed by atoms with Crippen molar-refractivity contribution < 1.29 is 14.7 Å². The summed E-state index contributed by atoms with van der Waals surface area (Å²) in [7, 11) is 0. The summed E-state index contributed by atoms with van der Waals surface area (Å²) in [6, 6.07) is 0. The van der Waals surface area contributed by atoms with Crippen LogP contribution in [-0.4, -0.2) is 58.7 Å². The molecule has 0 saturated carbocycles. The summed E-state index contributed by atoms with van der Waals surface area (Å²) in [4.78, 5) is 24.0. The van der Waals surface area contributed by atoms with Crippen LogP contribution in [0.25, 0.3) is 0 Å². The lowest BCUT2D eigenvalue weighted by molar-refractivity contribution is -0.137. The van der Waals surface area contributed by atoms with Crippen LogP contribution in [0.4, 0.5) is 0 Å². The highest BCUT2D eigenvalue weighted by Crippen LogP contribution is 2.12. The number of carboxylic acid groups (broad SMARTS) is 1. The van der Waals surface area contributed by atoms with Crippen molar-refractivity contribution in [3.8, 4) is 0 Å². The molecule has 0 spiro atoms. The van der Waals surface area contributed by atoms with Gasteiger partial charge in [0.1, 0.15) is 0 Å². The summed E-state index contributed by atoms with van der Waals surface area (Å²) < 4.78 is 0. The second kappa shape index (κ2) is 41.0. The molecule has 0 aliphatic rings. The van der Waals surface area contributed by atoms with Crippen molar-refractivity contribution in [3.63, 3.8) is 0 Å². The Morgan fingerprint density at radius 2 is 0.902 bits per heavy atom. The van der Waals surface area contributed by atoms with Gasteiger partial charge in [-0.05, 0) is 25.7 Å². The van der Waals surface area contributed by atoms with Crippen molar-refractivity contribution in [1.29, 1.82) is 0 Å². The van der Waals surface area contributed by atoms with Crippen LogP contribution < -0.4 is 5.32 Å². The van der Waals surface area contributed by atoms with Gasteiger partial charge >= 0.3 is 5.97 Å². The first-order valence-corrected chi connectivity index (χ1v) is 17.9. The molecule has 0 aliphatic carbocycles. The third-order valence-electron chi connectivity index (χ3n) is 6.18. The number of nitrogens with zero attached hydrogens (tertiary/aromatic N) is 1. The molecule has 0 aliphatic heterocycles. The Bertz CT molecular complexity index is 597. The summed E-state index contributed by atoms with van der Waals surface area (Å²) in [6.07, 6.45) is 27.8. The fourth-order valence-electron chi connectivity index (χ4n) is 3.90. The lowest BCUT2D eigenvalue weighted by Gasteiger charge is -2.19. The molecule has 240 valence electrons. The van der Waals surface area contributed by atoms with Gasteiger partial charge in [0.2, 0.25) is 5.91 Å². The van der Waals surface area contributed by atoms with Gasteiger partial charge in [0.25, 0.3) is 0 Å². The molecule has 0 saturated heterocycles. The van der Waals surface area contributed by atoms with Crippen molar-refractivity contribution in [3.05, 3.63) is 50.6 Å². The van der Waals surface area contributed by atoms with E-state index in [0.29, 0.717) is 25.9 Å². The second-order valence-electron chi connectivity index (χ2n) is 10.0. The number of amides is 1. The Hall–Kier alpha value is -1.18. The van der Waals surface area contributed by atoms with Crippen LogP contribution in [0.3, 0.4) is 0 Å². The summed E-state index contributed by atoms with van der Waals surface area (Å²) >= 11 is 6.86. The zero-order chi connectivity index (χ0) is 31.2. The van der Waals surface area contributed by atoms with Gasteiger partial charge in [0.05, 0.1) is 0 Å². The Morgan fingerprint density at radius 3 is 1.22 bits per heavy atom. The number of carbonyl (C=O) groups excluding carboxylic acids is 1. The predicted octanol–water partition coefficient (Wildman–Crippen LogP) is 10.0. The maximum absolute atomic E-state index is 12.0. The minimum atomic E-state index is -0.665. The topological polar surface area (TPSA) is 69.6 Å². The SMILES string of the molecule is C=CCN(CC=C)C(=O)CCCCCCCCCCBr.C=CCNCC=C.O=C(O)CCCCCCCCCCBr. The molecule has 1 amide bonds. The van der Waals surface area contributed by atoms with E-state index in [2.05, 4.69) is 63.5 Å². The van der Waals surface area contributed by atoms with Crippen LogP contribution in [0.2, 0.25) is 0 Å². The molecule has 0 heterocycles. The summed E-state index contributed by atoms with van der Waals surface area (Å²) in [5.74, 6) is -0.440. The second-order valence-corrected chi connectivity index (χ2v) is 11.6. The standard InChI is InChI=1S/C17H30BrNO.C11H21BrO2.C6H11N/c1-3-15-19(16-4-2)17(20)13-11-9-7-5-6-8-10-12-14-18;12-10-8-6-4-2-1-3-5-7-9-11(13)14;1-3-5-7-6-4-2/h3-4H,1-2,5-16H2;1-10H2,(H,13,14);3-4,7H,1-2,5-6H2. The van der Waals surface area contributed by atoms with E-state index in [0.717, 1.165) is 43.0 Å². The van der Waals surface area contributed by atoms with Gasteiger partial charge in [-0.25, -0.2) is 0 Å². The van der Waals surface area contributed by atoms with E-state index < -0.39 is 5.97 Å². The summed E-state index contributed by atoms with van der Waals surface area (Å²) in [6.45, 7) is 17.4. The normalized spacial score (nSPS) is 9.90. The number of hydrogen-bond donors (Lipinski definition) is 2. The minimum absolute atomic E-state index is 0.224. The highest BCUT2D eigenvalue weighted by Gasteiger charge is 2.09. The average molecular weight is 707 g/mol. The molecular formula is C34H62Br2N2O3. The number of rotatable bonds is 28.